The number of hydrogen-bond donors (Lipinski definition) is 0. The lowest BCUT2D eigenvalue weighted by molar-refractivity contribution is 0.451. The Kier molecular flexibility index (Phi) is 4.70. The number of aromatic nitrogens is 2. The molecular weight excluding hydrogens is 310 g/mol. The van der Waals surface area contributed by atoms with Gasteiger partial charge in [-0.2, -0.15) is 4.31 Å². The van der Waals surface area contributed by atoms with E-state index in [2.05, 4.69) is 4.98 Å². The molecule has 114 valence electrons. The molecule has 0 saturated heterocycles. The minimum absolute atomic E-state index is 0.219. The molecule has 0 radical (unpaired) electrons. The van der Waals surface area contributed by atoms with Crippen molar-refractivity contribution in [3.05, 3.63) is 47.5 Å². The summed E-state index contributed by atoms with van der Waals surface area (Å²) in [6, 6.07) is 5.24. The first-order valence-electron chi connectivity index (χ1n) is 6.44. The van der Waals surface area contributed by atoms with Gasteiger partial charge in [0.05, 0.1) is 11.4 Å². The third-order valence-electron chi connectivity index (χ3n) is 3.38. The van der Waals surface area contributed by atoms with Crippen LogP contribution in [0.4, 0.5) is 0 Å². The van der Waals surface area contributed by atoms with Crippen LogP contribution in [0.25, 0.3) is 0 Å². The van der Waals surface area contributed by atoms with Gasteiger partial charge in [0.1, 0.15) is 5.82 Å². The van der Waals surface area contributed by atoms with E-state index >= 15 is 0 Å². The van der Waals surface area contributed by atoms with Crippen molar-refractivity contribution in [2.24, 2.45) is 7.05 Å². The highest BCUT2D eigenvalue weighted by atomic mass is 35.5. The van der Waals surface area contributed by atoms with E-state index in [1.807, 2.05) is 13.1 Å². The Hall–Kier alpha value is -1.37. The molecule has 1 aromatic heterocycles. The molecule has 0 N–H and O–H groups in total. The number of rotatable bonds is 5. The van der Waals surface area contributed by atoms with Crippen molar-refractivity contribution in [3.63, 3.8) is 0 Å². The van der Waals surface area contributed by atoms with Gasteiger partial charge in [-0.3, -0.25) is 0 Å². The minimum Gasteiger partial charge on any atom is -0.337 e. The van der Waals surface area contributed by atoms with Crippen LogP contribution in [0.5, 0.6) is 0 Å². The van der Waals surface area contributed by atoms with Crippen molar-refractivity contribution in [2.75, 3.05) is 7.05 Å². The second kappa shape index (κ2) is 6.17. The number of benzene rings is 1. The highest BCUT2D eigenvalue weighted by Crippen LogP contribution is 2.22. The summed E-state index contributed by atoms with van der Waals surface area (Å²) in [5.41, 5.74) is 1.49. The van der Waals surface area contributed by atoms with Gasteiger partial charge >= 0.3 is 0 Å². The Morgan fingerprint density at radius 2 is 2.10 bits per heavy atom. The van der Waals surface area contributed by atoms with Crippen LogP contribution in [0.3, 0.4) is 0 Å². The number of sulfonamides is 1. The number of imidazole rings is 1. The Bertz CT molecular complexity index is 740. The third kappa shape index (κ3) is 3.28. The van der Waals surface area contributed by atoms with E-state index in [1.54, 1.807) is 43.1 Å². The quantitative estimate of drug-likeness (QED) is 0.792. The average Bonchev–Trinajstić information content (AvgIpc) is 2.84. The smallest absolute Gasteiger partial charge is 0.243 e. The molecule has 0 unspecified atom stereocenters. The zero-order valence-corrected chi connectivity index (χ0v) is 13.8. The van der Waals surface area contributed by atoms with E-state index in [4.69, 9.17) is 11.6 Å². The number of alkyl halides is 1. The van der Waals surface area contributed by atoms with Gasteiger partial charge in [-0.15, -0.1) is 11.6 Å². The lowest BCUT2D eigenvalue weighted by atomic mass is 10.2. The summed E-state index contributed by atoms with van der Waals surface area (Å²) < 4.78 is 28.5. The number of hydrogen-bond acceptors (Lipinski definition) is 3. The fraction of sp³-hybridized carbons (Fsp3) is 0.357. The fourth-order valence-corrected chi connectivity index (χ4v) is 3.57. The second-order valence-electron chi connectivity index (χ2n) is 4.95. The molecule has 0 aliphatic carbocycles. The first kappa shape index (κ1) is 16.0. The van der Waals surface area contributed by atoms with E-state index in [-0.39, 0.29) is 17.3 Å². The van der Waals surface area contributed by atoms with Crippen molar-refractivity contribution >= 4 is 21.6 Å². The molecule has 0 aliphatic heterocycles. The van der Waals surface area contributed by atoms with Crippen LogP contribution in [-0.4, -0.2) is 29.3 Å². The summed E-state index contributed by atoms with van der Waals surface area (Å²) in [4.78, 5) is 4.44. The van der Waals surface area contributed by atoms with Crippen molar-refractivity contribution < 1.29 is 8.42 Å². The molecule has 7 heteroatoms. The molecule has 0 atom stereocenters. The molecule has 5 nitrogen and oxygen atoms in total. The fourth-order valence-electron chi connectivity index (χ4n) is 2.01. The standard InChI is InChI=1S/C14H18ClN3O2S/c1-11-4-5-12(9-15)8-13(11)21(19,20)18(3)10-14-16-6-7-17(14)2/h4-8H,9-10H2,1-3H3. The van der Waals surface area contributed by atoms with Crippen LogP contribution in [0, 0.1) is 6.92 Å². The summed E-state index contributed by atoms with van der Waals surface area (Å²) >= 11 is 5.80. The summed E-state index contributed by atoms with van der Waals surface area (Å²) in [6.07, 6.45) is 3.43. The van der Waals surface area contributed by atoms with Crippen LogP contribution < -0.4 is 0 Å². The van der Waals surface area contributed by atoms with Gasteiger partial charge in [-0.05, 0) is 24.1 Å². The van der Waals surface area contributed by atoms with Crippen molar-refractivity contribution in [3.8, 4) is 0 Å². The topological polar surface area (TPSA) is 55.2 Å². The second-order valence-corrected chi connectivity index (χ2v) is 7.23. The highest BCUT2D eigenvalue weighted by molar-refractivity contribution is 7.89. The molecule has 0 saturated carbocycles. The molecule has 1 aromatic carbocycles. The molecule has 1 heterocycles. The number of halogens is 1. The summed E-state index contributed by atoms with van der Waals surface area (Å²) in [7, 11) is -0.186. The zero-order valence-electron chi connectivity index (χ0n) is 12.2. The number of nitrogens with zero attached hydrogens (tertiary/aromatic N) is 3. The van der Waals surface area contributed by atoms with Gasteiger partial charge in [-0.1, -0.05) is 12.1 Å². The molecular formula is C14H18ClN3O2S. The van der Waals surface area contributed by atoms with Crippen LogP contribution in [0.2, 0.25) is 0 Å². The third-order valence-corrected chi connectivity index (χ3v) is 5.63. The lowest BCUT2D eigenvalue weighted by Crippen LogP contribution is -2.28. The van der Waals surface area contributed by atoms with E-state index < -0.39 is 10.0 Å². The molecule has 0 amide bonds. The predicted octanol–water partition coefficient (Wildman–Crippen LogP) is 2.29. The van der Waals surface area contributed by atoms with Crippen LogP contribution in [0.15, 0.2) is 35.5 Å². The van der Waals surface area contributed by atoms with E-state index in [0.717, 1.165) is 5.56 Å². The zero-order chi connectivity index (χ0) is 15.6. The maximum Gasteiger partial charge on any atom is 0.243 e. The molecule has 0 spiro atoms. The van der Waals surface area contributed by atoms with E-state index in [1.165, 1.54) is 4.31 Å². The van der Waals surface area contributed by atoms with Gasteiger partial charge in [0.2, 0.25) is 10.0 Å². The molecule has 0 fully saturated rings. The normalized spacial score (nSPS) is 12.0. The number of aryl methyl sites for hydroxylation is 2. The molecule has 2 rings (SSSR count). The van der Waals surface area contributed by atoms with Crippen LogP contribution >= 0.6 is 11.6 Å². The van der Waals surface area contributed by atoms with Crippen LogP contribution in [-0.2, 0) is 29.5 Å². The molecule has 0 bridgehead atoms. The van der Waals surface area contributed by atoms with Crippen molar-refractivity contribution in [1.29, 1.82) is 0 Å². The molecule has 2 aromatic rings. The van der Waals surface area contributed by atoms with Gasteiger partial charge in [0, 0.05) is 32.4 Å². The Morgan fingerprint density at radius 3 is 2.67 bits per heavy atom. The summed E-state index contributed by atoms with van der Waals surface area (Å²) in [5.74, 6) is 0.971. The van der Waals surface area contributed by atoms with E-state index in [9.17, 15) is 8.42 Å². The maximum absolute atomic E-state index is 12.7. The Labute approximate surface area is 130 Å². The summed E-state index contributed by atoms with van der Waals surface area (Å²) in [5, 5.41) is 0. The highest BCUT2D eigenvalue weighted by Gasteiger charge is 2.24. The first-order valence-corrected chi connectivity index (χ1v) is 8.41. The van der Waals surface area contributed by atoms with Gasteiger partial charge in [0.25, 0.3) is 0 Å². The molecule has 21 heavy (non-hydrogen) atoms. The minimum atomic E-state index is -3.57. The van der Waals surface area contributed by atoms with Crippen molar-refractivity contribution in [1.82, 2.24) is 13.9 Å². The maximum atomic E-state index is 12.7. The average molecular weight is 328 g/mol. The van der Waals surface area contributed by atoms with Gasteiger partial charge in [-0.25, -0.2) is 13.4 Å². The first-order chi connectivity index (χ1) is 9.86. The van der Waals surface area contributed by atoms with Crippen molar-refractivity contribution in [2.45, 2.75) is 24.2 Å². The lowest BCUT2D eigenvalue weighted by Gasteiger charge is -2.18. The molecule has 0 aliphatic rings. The predicted molar refractivity (Wildman–Crippen MR) is 82.6 cm³/mol. The van der Waals surface area contributed by atoms with Gasteiger partial charge in [0.15, 0.2) is 0 Å². The van der Waals surface area contributed by atoms with Gasteiger partial charge < -0.3 is 4.57 Å². The monoisotopic (exact) mass is 327 g/mol. The Balaban J connectivity index is 2.35. The Morgan fingerprint density at radius 1 is 1.38 bits per heavy atom. The largest absolute Gasteiger partial charge is 0.337 e. The SMILES string of the molecule is Cc1ccc(CCl)cc1S(=O)(=O)N(C)Cc1nccn1C. The van der Waals surface area contributed by atoms with E-state index in [0.29, 0.717) is 11.4 Å². The summed E-state index contributed by atoms with van der Waals surface area (Å²) in [6.45, 7) is 2.00. The van der Waals surface area contributed by atoms with Crippen LogP contribution in [0.1, 0.15) is 17.0 Å².